The molecule has 1 heterocycles. The van der Waals surface area contributed by atoms with Gasteiger partial charge in [-0.3, -0.25) is 4.57 Å². The maximum atomic E-state index is 12.6. The van der Waals surface area contributed by atoms with Gasteiger partial charge in [-0.25, -0.2) is 4.79 Å². The number of halogens is 1. The molecule has 0 unspecified atom stereocenters. The second-order valence-corrected chi connectivity index (χ2v) is 6.30. The van der Waals surface area contributed by atoms with Crippen LogP contribution in [0.3, 0.4) is 0 Å². The molecule has 5 nitrogen and oxygen atoms in total. The number of fused-ring (bicyclic) bond motifs is 1. The van der Waals surface area contributed by atoms with E-state index in [1.165, 1.54) is 7.11 Å². The number of aromatic nitrogens is 1. The highest BCUT2D eigenvalue weighted by Crippen LogP contribution is 2.37. The topological polar surface area (TPSA) is 49.7 Å². The van der Waals surface area contributed by atoms with Crippen molar-refractivity contribution in [2.24, 2.45) is 0 Å². The van der Waals surface area contributed by atoms with Gasteiger partial charge in [0.05, 0.1) is 23.9 Å². The highest BCUT2D eigenvalue weighted by atomic mass is 79.9. The molecule has 0 aliphatic heterocycles. The number of hydrogen-bond acceptors (Lipinski definition) is 4. The molecular weight excluding hydrogens is 386 g/mol. The van der Waals surface area contributed by atoms with Gasteiger partial charge in [0.2, 0.25) is 6.41 Å². The molecule has 0 bridgehead atoms. The van der Waals surface area contributed by atoms with Crippen molar-refractivity contribution in [1.82, 2.24) is 4.57 Å². The van der Waals surface area contributed by atoms with Crippen molar-refractivity contribution >= 4 is 32.8 Å². The third kappa shape index (κ3) is 3.08. The summed E-state index contributed by atoms with van der Waals surface area (Å²) in [5.41, 5.74) is 2.86. The Kier molecular flexibility index (Phi) is 5.22. The maximum absolute atomic E-state index is 12.6. The predicted octanol–water partition coefficient (Wildman–Crippen LogP) is 4.61. The van der Waals surface area contributed by atoms with Crippen LogP contribution in [-0.4, -0.2) is 31.9 Å². The number of carbonyl (C=O) groups excluding carboxylic acids is 1. The van der Waals surface area contributed by atoms with E-state index in [0.717, 1.165) is 20.9 Å². The Bertz CT molecular complexity index is 898. The van der Waals surface area contributed by atoms with E-state index in [1.807, 2.05) is 53.1 Å². The van der Waals surface area contributed by atoms with E-state index < -0.39 is 12.4 Å². The van der Waals surface area contributed by atoms with E-state index in [-0.39, 0.29) is 0 Å². The van der Waals surface area contributed by atoms with Crippen LogP contribution in [0, 0.1) is 0 Å². The first-order chi connectivity index (χ1) is 12.1. The first-order valence-corrected chi connectivity index (χ1v) is 8.44. The summed E-state index contributed by atoms with van der Waals surface area (Å²) < 4.78 is 18.8. The molecule has 130 valence electrons. The van der Waals surface area contributed by atoms with Crippen molar-refractivity contribution in [3.8, 4) is 11.3 Å². The van der Waals surface area contributed by atoms with Gasteiger partial charge in [0.15, 0.2) is 0 Å². The normalized spacial score (nSPS) is 11.2. The molecule has 25 heavy (non-hydrogen) atoms. The quantitative estimate of drug-likeness (QED) is 0.461. The van der Waals surface area contributed by atoms with Crippen LogP contribution in [-0.2, 0) is 14.2 Å². The number of para-hydroxylation sites is 1. The summed E-state index contributed by atoms with van der Waals surface area (Å²) in [5.74, 6) is -0.404. The van der Waals surface area contributed by atoms with E-state index in [2.05, 4.69) is 15.9 Å². The minimum Gasteiger partial charge on any atom is -0.465 e. The van der Waals surface area contributed by atoms with Gasteiger partial charge in [0, 0.05) is 24.1 Å². The zero-order chi connectivity index (χ0) is 18.0. The number of ether oxygens (including phenoxy) is 3. The Morgan fingerprint density at radius 3 is 2.24 bits per heavy atom. The van der Waals surface area contributed by atoms with Crippen LogP contribution >= 0.6 is 15.9 Å². The summed E-state index contributed by atoms with van der Waals surface area (Å²) in [5, 5.41) is 0.784. The number of benzene rings is 2. The average molecular weight is 404 g/mol. The fraction of sp³-hybridized carbons (Fsp3) is 0.211. The molecule has 0 radical (unpaired) electrons. The zero-order valence-electron chi connectivity index (χ0n) is 14.2. The van der Waals surface area contributed by atoms with Crippen LogP contribution in [0.2, 0.25) is 0 Å². The van der Waals surface area contributed by atoms with Gasteiger partial charge in [-0.2, -0.15) is 0 Å². The van der Waals surface area contributed by atoms with Crippen LogP contribution in [0.1, 0.15) is 16.8 Å². The Morgan fingerprint density at radius 2 is 1.64 bits per heavy atom. The molecule has 0 aliphatic carbocycles. The second kappa shape index (κ2) is 7.39. The summed E-state index contributed by atoms with van der Waals surface area (Å²) >= 11 is 3.44. The monoisotopic (exact) mass is 403 g/mol. The lowest BCUT2D eigenvalue weighted by Crippen LogP contribution is -2.15. The average Bonchev–Trinajstić information content (AvgIpc) is 2.98. The first-order valence-electron chi connectivity index (χ1n) is 7.65. The smallest absolute Gasteiger partial charge is 0.340 e. The number of rotatable bonds is 5. The molecule has 0 atom stereocenters. The number of nitrogens with zero attached hydrogens (tertiary/aromatic N) is 1. The number of hydrogen-bond donors (Lipinski definition) is 0. The molecule has 0 saturated heterocycles. The second-order valence-electron chi connectivity index (χ2n) is 5.39. The van der Waals surface area contributed by atoms with Gasteiger partial charge in [-0.05, 0) is 23.8 Å². The van der Waals surface area contributed by atoms with Crippen molar-refractivity contribution in [2.75, 3.05) is 21.3 Å². The van der Waals surface area contributed by atoms with Crippen LogP contribution in [0.25, 0.3) is 22.2 Å². The highest BCUT2D eigenvalue weighted by molar-refractivity contribution is 9.10. The van der Waals surface area contributed by atoms with Crippen LogP contribution in [0.15, 0.2) is 53.0 Å². The third-order valence-corrected chi connectivity index (χ3v) is 4.56. The van der Waals surface area contributed by atoms with Crippen molar-refractivity contribution in [3.63, 3.8) is 0 Å². The van der Waals surface area contributed by atoms with Gasteiger partial charge < -0.3 is 14.2 Å². The molecule has 2 aromatic carbocycles. The summed E-state index contributed by atoms with van der Waals surface area (Å²) in [6.45, 7) is 0. The molecule has 6 heteroatoms. The summed E-state index contributed by atoms with van der Waals surface area (Å²) in [4.78, 5) is 12.6. The molecule has 0 spiro atoms. The Labute approximate surface area is 154 Å². The van der Waals surface area contributed by atoms with E-state index in [0.29, 0.717) is 11.3 Å². The zero-order valence-corrected chi connectivity index (χ0v) is 15.7. The lowest BCUT2D eigenvalue weighted by atomic mass is 10.1. The van der Waals surface area contributed by atoms with Gasteiger partial charge in [0.1, 0.15) is 0 Å². The van der Waals surface area contributed by atoms with Crippen LogP contribution in [0.5, 0.6) is 0 Å². The third-order valence-electron chi connectivity index (χ3n) is 4.03. The van der Waals surface area contributed by atoms with E-state index in [1.54, 1.807) is 14.2 Å². The number of methoxy groups -OCH3 is 3. The molecule has 0 N–H and O–H groups in total. The molecule has 3 rings (SSSR count). The summed E-state index contributed by atoms with van der Waals surface area (Å²) in [6.07, 6.45) is -0.679. The first kappa shape index (κ1) is 17.7. The molecule has 0 aliphatic rings. The minimum atomic E-state index is -0.679. The number of esters is 1. The molecule has 0 amide bonds. The van der Waals surface area contributed by atoms with Gasteiger partial charge >= 0.3 is 5.97 Å². The lowest BCUT2D eigenvalue weighted by molar-refractivity contribution is -0.152. The Hall–Kier alpha value is -2.15. The van der Waals surface area contributed by atoms with Gasteiger partial charge in [-0.15, -0.1) is 0 Å². The molecule has 1 aromatic heterocycles. The van der Waals surface area contributed by atoms with Gasteiger partial charge in [0.25, 0.3) is 0 Å². The fourth-order valence-electron chi connectivity index (χ4n) is 2.99. The molecular formula is C19H18BrNO4. The molecule has 0 fully saturated rings. The standard InChI is InChI=1S/C19H18BrNO4/c1-23-18(22)16-14-6-4-5-7-15(14)21(19(24-2)25-3)17(16)12-8-10-13(20)11-9-12/h4-11,19H,1-3H3. The van der Waals surface area contributed by atoms with E-state index >= 15 is 0 Å². The maximum Gasteiger partial charge on any atom is 0.340 e. The molecule has 0 saturated carbocycles. The van der Waals surface area contributed by atoms with Crippen LogP contribution in [0.4, 0.5) is 0 Å². The largest absolute Gasteiger partial charge is 0.465 e. The van der Waals surface area contributed by atoms with Gasteiger partial charge in [-0.1, -0.05) is 46.3 Å². The van der Waals surface area contributed by atoms with Crippen LogP contribution < -0.4 is 0 Å². The van der Waals surface area contributed by atoms with E-state index in [4.69, 9.17) is 14.2 Å². The minimum absolute atomic E-state index is 0.404. The summed E-state index contributed by atoms with van der Waals surface area (Å²) in [6, 6.07) is 15.3. The fourth-order valence-corrected chi connectivity index (χ4v) is 3.25. The van der Waals surface area contributed by atoms with Crippen molar-refractivity contribution in [3.05, 3.63) is 58.6 Å². The number of carbonyl (C=O) groups is 1. The SMILES string of the molecule is COC(=O)c1c(-c2ccc(Br)cc2)n(C(OC)OC)c2ccccc12. The summed E-state index contributed by atoms with van der Waals surface area (Å²) in [7, 11) is 4.50. The molecule has 3 aromatic rings. The van der Waals surface area contributed by atoms with E-state index in [9.17, 15) is 4.79 Å². The van der Waals surface area contributed by atoms with Crippen molar-refractivity contribution in [2.45, 2.75) is 6.41 Å². The van der Waals surface area contributed by atoms with Crippen molar-refractivity contribution < 1.29 is 19.0 Å². The lowest BCUT2D eigenvalue weighted by Gasteiger charge is -2.20. The highest BCUT2D eigenvalue weighted by Gasteiger charge is 2.27. The predicted molar refractivity (Wildman–Crippen MR) is 99.5 cm³/mol. The Morgan fingerprint density at radius 1 is 1.00 bits per heavy atom. The van der Waals surface area contributed by atoms with Crippen molar-refractivity contribution in [1.29, 1.82) is 0 Å². The Balaban J connectivity index is 2.43.